The van der Waals surface area contributed by atoms with Gasteiger partial charge in [-0.1, -0.05) is 17.7 Å². The summed E-state index contributed by atoms with van der Waals surface area (Å²) in [6.45, 7) is 0.718. The van der Waals surface area contributed by atoms with E-state index in [1.165, 1.54) is 0 Å². The first kappa shape index (κ1) is 15.0. The number of nitrogens with zero attached hydrogens (tertiary/aromatic N) is 1. The molecule has 1 saturated carbocycles. The van der Waals surface area contributed by atoms with Crippen molar-refractivity contribution in [1.29, 1.82) is 0 Å². The van der Waals surface area contributed by atoms with Crippen molar-refractivity contribution < 1.29 is 9.59 Å². The van der Waals surface area contributed by atoms with Crippen LogP contribution in [0.2, 0.25) is 5.02 Å². The summed E-state index contributed by atoms with van der Waals surface area (Å²) in [7, 11) is 0. The molecule has 2 fully saturated rings. The quantitative estimate of drug-likeness (QED) is 0.787. The van der Waals surface area contributed by atoms with E-state index in [4.69, 9.17) is 11.6 Å². The molecule has 0 radical (unpaired) electrons. The summed E-state index contributed by atoms with van der Waals surface area (Å²) in [6.07, 6.45) is 4.43. The summed E-state index contributed by atoms with van der Waals surface area (Å²) < 4.78 is 0.725. The van der Waals surface area contributed by atoms with Gasteiger partial charge in [0.05, 0.1) is 10.6 Å². The lowest BCUT2D eigenvalue weighted by Gasteiger charge is -2.29. The standard InChI is InChI=1S/C16H17BrClNO2/c17-12-6-1-5-11(15(12)18)16(21)19-9-3-7-13(19)10-4-2-8-14(10)20/h1,5-6,10,13H,2-4,7-9H2. The highest BCUT2D eigenvalue weighted by Crippen LogP contribution is 2.35. The van der Waals surface area contributed by atoms with Crippen LogP contribution in [0, 0.1) is 5.92 Å². The van der Waals surface area contributed by atoms with Gasteiger partial charge in [0.25, 0.3) is 5.91 Å². The fraction of sp³-hybridized carbons (Fsp3) is 0.500. The van der Waals surface area contributed by atoms with Crippen LogP contribution in [0.5, 0.6) is 0 Å². The molecular formula is C16H17BrClNO2. The first-order chi connectivity index (χ1) is 10.1. The molecule has 3 rings (SSSR count). The molecule has 0 N–H and O–H groups in total. The molecule has 0 aromatic heterocycles. The normalized spacial score (nSPS) is 25.6. The predicted octanol–water partition coefficient (Wildman–Crippen LogP) is 4.08. The van der Waals surface area contributed by atoms with E-state index in [1.807, 2.05) is 17.0 Å². The summed E-state index contributed by atoms with van der Waals surface area (Å²) in [5.74, 6) is 0.297. The summed E-state index contributed by atoms with van der Waals surface area (Å²) >= 11 is 9.60. The Morgan fingerprint density at radius 1 is 1.29 bits per heavy atom. The number of likely N-dealkylation sites (tertiary alicyclic amines) is 1. The maximum atomic E-state index is 12.8. The van der Waals surface area contributed by atoms with E-state index in [1.54, 1.807) is 6.07 Å². The number of Topliss-reactive ketones (excluding diaryl/α,β-unsaturated/α-hetero) is 1. The SMILES string of the molecule is O=C1CCCC1C1CCCN1C(=O)c1cccc(Br)c1Cl. The van der Waals surface area contributed by atoms with Crippen LogP contribution in [-0.4, -0.2) is 29.2 Å². The molecule has 1 aromatic rings. The Balaban J connectivity index is 1.86. The Morgan fingerprint density at radius 3 is 2.81 bits per heavy atom. The highest BCUT2D eigenvalue weighted by atomic mass is 79.9. The summed E-state index contributed by atoms with van der Waals surface area (Å²) in [6, 6.07) is 5.44. The van der Waals surface area contributed by atoms with Crippen molar-refractivity contribution in [3.8, 4) is 0 Å². The third-order valence-corrected chi connectivity index (χ3v) is 5.85. The van der Waals surface area contributed by atoms with Crippen molar-refractivity contribution >= 4 is 39.2 Å². The second kappa shape index (κ2) is 6.09. The zero-order valence-electron chi connectivity index (χ0n) is 11.6. The van der Waals surface area contributed by atoms with Gasteiger partial charge in [-0.15, -0.1) is 0 Å². The Labute approximate surface area is 137 Å². The largest absolute Gasteiger partial charge is 0.335 e. The molecule has 5 heteroatoms. The van der Waals surface area contributed by atoms with E-state index in [0.29, 0.717) is 22.8 Å². The molecule has 1 saturated heterocycles. The lowest BCUT2D eigenvalue weighted by atomic mass is 9.94. The van der Waals surface area contributed by atoms with Gasteiger partial charge in [-0.25, -0.2) is 0 Å². The van der Waals surface area contributed by atoms with Crippen molar-refractivity contribution in [2.75, 3.05) is 6.54 Å². The minimum atomic E-state index is -0.0523. The van der Waals surface area contributed by atoms with Gasteiger partial charge < -0.3 is 4.90 Å². The predicted molar refractivity (Wildman–Crippen MR) is 85.6 cm³/mol. The van der Waals surface area contributed by atoms with Crippen molar-refractivity contribution in [3.63, 3.8) is 0 Å². The number of benzene rings is 1. The number of rotatable bonds is 2. The minimum Gasteiger partial charge on any atom is -0.335 e. The average molecular weight is 371 g/mol. The van der Waals surface area contributed by atoms with Gasteiger partial charge in [0, 0.05) is 29.4 Å². The van der Waals surface area contributed by atoms with Crippen LogP contribution in [0.4, 0.5) is 0 Å². The maximum Gasteiger partial charge on any atom is 0.255 e. The third-order valence-electron chi connectivity index (χ3n) is 4.56. The molecule has 2 atom stereocenters. The zero-order chi connectivity index (χ0) is 15.0. The minimum absolute atomic E-state index is 0.0300. The number of carbonyl (C=O) groups is 2. The highest BCUT2D eigenvalue weighted by molar-refractivity contribution is 9.10. The van der Waals surface area contributed by atoms with Crippen molar-refractivity contribution in [3.05, 3.63) is 33.3 Å². The number of hydrogen-bond acceptors (Lipinski definition) is 2. The van der Waals surface area contributed by atoms with Gasteiger partial charge >= 0.3 is 0 Å². The molecular weight excluding hydrogens is 354 g/mol. The number of halogens is 2. The summed E-state index contributed by atoms with van der Waals surface area (Å²) in [5.41, 5.74) is 0.517. The van der Waals surface area contributed by atoms with Gasteiger partial charge in [-0.05, 0) is 53.7 Å². The fourth-order valence-electron chi connectivity index (χ4n) is 3.54. The van der Waals surface area contributed by atoms with Crippen LogP contribution < -0.4 is 0 Å². The van der Waals surface area contributed by atoms with Gasteiger partial charge in [-0.2, -0.15) is 0 Å². The second-order valence-electron chi connectivity index (χ2n) is 5.77. The Bertz CT molecular complexity index is 590. The smallest absolute Gasteiger partial charge is 0.255 e. The Hall–Kier alpha value is -0.870. The van der Waals surface area contributed by atoms with E-state index in [-0.39, 0.29) is 17.9 Å². The van der Waals surface area contributed by atoms with E-state index < -0.39 is 0 Å². The monoisotopic (exact) mass is 369 g/mol. The third kappa shape index (κ3) is 2.76. The second-order valence-corrected chi connectivity index (χ2v) is 7.01. The fourth-order valence-corrected chi connectivity index (χ4v) is 4.11. The molecule has 21 heavy (non-hydrogen) atoms. The molecule has 2 aliphatic rings. The molecule has 1 aromatic carbocycles. The number of carbonyl (C=O) groups excluding carboxylic acids is 2. The average Bonchev–Trinajstić information content (AvgIpc) is 3.09. The van der Waals surface area contributed by atoms with Crippen molar-refractivity contribution in [2.24, 2.45) is 5.92 Å². The van der Waals surface area contributed by atoms with E-state index >= 15 is 0 Å². The molecule has 1 aliphatic carbocycles. The van der Waals surface area contributed by atoms with Gasteiger partial charge in [-0.3, -0.25) is 9.59 Å². The number of amides is 1. The van der Waals surface area contributed by atoms with E-state index in [0.717, 1.165) is 36.7 Å². The summed E-state index contributed by atoms with van der Waals surface area (Å²) in [5, 5.41) is 0.450. The van der Waals surface area contributed by atoms with Crippen LogP contribution in [0.1, 0.15) is 42.5 Å². The van der Waals surface area contributed by atoms with Gasteiger partial charge in [0.2, 0.25) is 0 Å². The molecule has 1 aliphatic heterocycles. The van der Waals surface area contributed by atoms with Gasteiger partial charge in [0.15, 0.2) is 0 Å². The maximum absolute atomic E-state index is 12.8. The topological polar surface area (TPSA) is 37.4 Å². The first-order valence-electron chi connectivity index (χ1n) is 7.37. The Kier molecular flexibility index (Phi) is 4.36. The molecule has 112 valence electrons. The molecule has 0 bridgehead atoms. The highest BCUT2D eigenvalue weighted by Gasteiger charge is 2.40. The van der Waals surface area contributed by atoms with Crippen LogP contribution in [0.15, 0.2) is 22.7 Å². The van der Waals surface area contributed by atoms with Gasteiger partial charge in [0.1, 0.15) is 5.78 Å². The lowest BCUT2D eigenvalue weighted by molar-refractivity contribution is -0.121. The zero-order valence-corrected chi connectivity index (χ0v) is 14.0. The number of hydrogen-bond donors (Lipinski definition) is 0. The molecule has 2 unspecified atom stereocenters. The molecule has 1 amide bonds. The number of ketones is 1. The van der Waals surface area contributed by atoms with Crippen LogP contribution in [-0.2, 0) is 4.79 Å². The van der Waals surface area contributed by atoms with Crippen LogP contribution in [0.3, 0.4) is 0 Å². The Morgan fingerprint density at radius 2 is 2.10 bits per heavy atom. The van der Waals surface area contributed by atoms with E-state index in [9.17, 15) is 9.59 Å². The summed E-state index contributed by atoms with van der Waals surface area (Å²) in [4.78, 5) is 26.7. The molecule has 1 heterocycles. The van der Waals surface area contributed by atoms with E-state index in [2.05, 4.69) is 15.9 Å². The van der Waals surface area contributed by atoms with Crippen LogP contribution in [0.25, 0.3) is 0 Å². The lowest BCUT2D eigenvalue weighted by Crippen LogP contribution is -2.41. The first-order valence-corrected chi connectivity index (χ1v) is 8.54. The molecule has 0 spiro atoms. The van der Waals surface area contributed by atoms with Crippen molar-refractivity contribution in [2.45, 2.75) is 38.1 Å². The molecule has 3 nitrogen and oxygen atoms in total. The van der Waals surface area contributed by atoms with Crippen molar-refractivity contribution in [1.82, 2.24) is 4.90 Å². The van der Waals surface area contributed by atoms with Crippen LogP contribution >= 0.6 is 27.5 Å².